The van der Waals surface area contributed by atoms with Crippen molar-refractivity contribution < 1.29 is 17.9 Å². The molecule has 0 aromatic heterocycles. The Bertz CT molecular complexity index is 596. The number of sulfonamides is 1. The molecule has 2 rings (SSSR count). The number of benzene rings is 1. The molecular weight excluding hydrogens is 326 g/mol. The summed E-state index contributed by atoms with van der Waals surface area (Å²) in [5.74, 6) is -0.353. The number of ether oxygens (including phenoxy) is 1. The van der Waals surface area contributed by atoms with E-state index in [1.807, 2.05) is 24.3 Å². The van der Waals surface area contributed by atoms with Gasteiger partial charge in [-0.15, -0.1) is 0 Å². The summed E-state index contributed by atoms with van der Waals surface area (Å²) >= 11 is 1.26. The van der Waals surface area contributed by atoms with Gasteiger partial charge in [-0.25, -0.2) is 13.1 Å². The topological polar surface area (TPSA) is 96.5 Å². The molecule has 1 aliphatic rings. The van der Waals surface area contributed by atoms with Crippen LogP contribution in [0.1, 0.15) is 6.92 Å². The van der Waals surface area contributed by atoms with Crippen LogP contribution in [-0.4, -0.2) is 45.3 Å². The summed E-state index contributed by atoms with van der Waals surface area (Å²) in [6.07, 6.45) is 0. The Kier molecular flexibility index (Phi) is 6.07. The Morgan fingerprint density at radius 1 is 1.36 bits per heavy atom. The molecule has 1 unspecified atom stereocenters. The molecule has 1 atom stereocenters. The van der Waals surface area contributed by atoms with Crippen LogP contribution in [0.25, 0.3) is 0 Å². The lowest BCUT2D eigenvalue weighted by Gasteiger charge is -2.13. The van der Waals surface area contributed by atoms with Crippen molar-refractivity contribution in [2.45, 2.75) is 16.5 Å². The molecule has 1 aromatic rings. The average molecular weight is 345 g/mol. The smallest absolute Gasteiger partial charge is 0.319 e. The number of para-hydroxylation sites is 1. The molecule has 0 fully saturated rings. The predicted octanol–water partition coefficient (Wildman–Crippen LogP) is 0.560. The lowest BCUT2D eigenvalue weighted by atomic mass is 10.3. The SMILES string of the molecule is CCOC(=O)CNCCNS(=O)(=O)C1Nc2ccccc2S1. The van der Waals surface area contributed by atoms with Crippen LogP contribution in [-0.2, 0) is 19.6 Å². The minimum absolute atomic E-state index is 0.0669. The van der Waals surface area contributed by atoms with Gasteiger partial charge in [0, 0.05) is 23.7 Å². The number of carbonyl (C=O) groups is 1. The van der Waals surface area contributed by atoms with E-state index in [2.05, 4.69) is 15.4 Å². The van der Waals surface area contributed by atoms with Crippen molar-refractivity contribution in [3.8, 4) is 0 Å². The van der Waals surface area contributed by atoms with Gasteiger partial charge in [0.05, 0.1) is 13.2 Å². The molecule has 7 nitrogen and oxygen atoms in total. The minimum atomic E-state index is -3.49. The molecular formula is C13H19N3O4S2. The van der Waals surface area contributed by atoms with Crippen molar-refractivity contribution in [1.82, 2.24) is 10.0 Å². The molecule has 0 spiro atoms. The van der Waals surface area contributed by atoms with Crippen LogP contribution < -0.4 is 15.4 Å². The van der Waals surface area contributed by atoms with Gasteiger partial charge >= 0.3 is 5.97 Å². The van der Waals surface area contributed by atoms with E-state index in [1.54, 1.807) is 6.92 Å². The van der Waals surface area contributed by atoms with E-state index in [-0.39, 0.29) is 19.1 Å². The standard InChI is InChI=1S/C13H19N3O4S2/c1-2-20-12(17)9-14-7-8-15-22(18,19)13-16-10-5-3-4-6-11(10)21-13/h3-6,13-16H,2,7-9H2,1H3. The maximum Gasteiger partial charge on any atom is 0.319 e. The Morgan fingerprint density at radius 2 is 2.14 bits per heavy atom. The van der Waals surface area contributed by atoms with Gasteiger partial charge in [-0.2, -0.15) is 0 Å². The van der Waals surface area contributed by atoms with Gasteiger partial charge in [-0.05, 0) is 19.1 Å². The maximum absolute atomic E-state index is 12.2. The quantitative estimate of drug-likeness (QED) is 0.468. The number of hydrogen-bond acceptors (Lipinski definition) is 7. The first-order valence-electron chi connectivity index (χ1n) is 6.90. The van der Waals surface area contributed by atoms with Gasteiger partial charge in [-0.1, -0.05) is 23.9 Å². The summed E-state index contributed by atoms with van der Waals surface area (Å²) in [5, 5.41) is 5.79. The molecule has 22 heavy (non-hydrogen) atoms. The van der Waals surface area contributed by atoms with Crippen LogP contribution in [0.5, 0.6) is 0 Å². The molecule has 1 heterocycles. The fourth-order valence-corrected chi connectivity index (χ4v) is 4.53. The first kappa shape index (κ1) is 17.1. The van der Waals surface area contributed by atoms with Crippen molar-refractivity contribution in [3.63, 3.8) is 0 Å². The van der Waals surface area contributed by atoms with Gasteiger partial charge in [-0.3, -0.25) is 4.79 Å². The molecule has 0 amide bonds. The maximum atomic E-state index is 12.2. The molecule has 1 aliphatic heterocycles. The summed E-state index contributed by atoms with van der Waals surface area (Å²) in [5.41, 5.74) is 0.823. The molecule has 1 aromatic carbocycles. The number of esters is 1. The number of hydrogen-bond donors (Lipinski definition) is 3. The summed E-state index contributed by atoms with van der Waals surface area (Å²) < 4.78 is 30.9. The monoisotopic (exact) mass is 345 g/mol. The third-order valence-corrected chi connectivity index (χ3v) is 6.13. The van der Waals surface area contributed by atoms with Crippen molar-refractivity contribution in [1.29, 1.82) is 0 Å². The largest absolute Gasteiger partial charge is 0.465 e. The third kappa shape index (κ3) is 4.60. The number of fused-ring (bicyclic) bond motifs is 1. The van der Waals surface area contributed by atoms with E-state index in [1.165, 1.54) is 11.8 Å². The van der Waals surface area contributed by atoms with Crippen molar-refractivity contribution >= 4 is 33.4 Å². The Morgan fingerprint density at radius 3 is 2.86 bits per heavy atom. The van der Waals surface area contributed by atoms with Gasteiger partial charge in [0.1, 0.15) is 0 Å². The van der Waals surface area contributed by atoms with Crippen LogP contribution in [0.2, 0.25) is 0 Å². The molecule has 122 valence electrons. The second-order valence-electron chi connectivity index (χ2n) is 4.51. The fraction of sp³-hybridized carbons (Fsp3) is 0.462. The third-order valence-electron chi connectivity index (χ3n) is 2.86. The first-order valence-corrected chi connectivity index (χ1v) is 9.32. The van der Waals surface area contributed by atoms with Crippen molar-refractivity contribution in [2.24, 2.45) is 0 Å². The van der Waals surface area contributed by atoms with E-state index in [4.69, 9.17) is 4.74 Å². The number of thioether (sulfide) groups is 1. The molecule has 9 heteroatoms. The minimum Gasteiger partial charge on any atom is -0.465 e. The zero-order valence-corrected chi connectivity index (χ0v) is 13.8. The molecule has 3 N–H and O–H groups in total. The van der Waals surface area contributed by atoms with Crippen molar-refractivity contribution in [2.75, 3.05) is 31.6 Å². The van der Waals surface area contributed by atoms with E-state index in [0.717, 1.165) is 10.6 Å². The van der Waals surface area contributed by atoms with Crippen molar-refractivity contribution in [3.05, 3.63) is 24.3 Å². The summed E-state index contributed by atoms with van der Waals surface area (Å²) in [6, 6.07) is 7.45. The van der Waals surface area contributed by atoms with Gasteiger partial charge in [0.2, 0.25) is 10.0 Å². The zero-order valence-electron chi connectivity index (χ0n) is 12.2. The summed E-state index contributed by atoms with van der Waals surface area (Å²) in [4.78, 5) is 12.0. The predicted molar refractivity (Wildman–Crippen MR) is 86.1 cm³/mol. The van der Waals surface area contributed by atoms with Crippen LogP contribution in [0.3, 0.4) is 0 Å². The number of carbonyl (C=O) groups excluding carboxylic acids is 1. The molecule has 0 saturated heterocycles. The van der Waals surface area contributed by atoms with E-state index in [0.29, 0.717) is 13.2 Å². The Balaban J connectivity index is 1.73. The van der Waals surface area contributed by atoms with Crippen LogP contribution >= 0.6 is 11.8 Å². The highest BCUT2D eigenvalue weighted by Crippen LogP contribution is 2.39. The molecule has 0 radical (unpaired) electrons. The van der Waals surface area contributed by atoms with Gasteiger partial charge in [0.25, 0.3) is 0 Å². The van der Waals surface area contributed by atoms with Crippen LogP contribution in [0, 0.1) is 0 Å². The molecule has 0 aliphatic carbocycles. The lowest BCUT2D eigenvalue weighted by molar-refractivity contribution is -0.141. The van der Waals surface area contributed by atoms with E-state index < -0.39 is 14.7 Å². The van der Waals surface area contributed by atoms with E-state index >= 15 is 0 Å². The fourth-order valence-electron chi connectivity index (χ4n) is 1.86. The molecule has 0 saturated carbocycles. The highest BCUT2D eigenvalue weighted by Gasteiger charge is 2.31. The van der Waals surface area contributed by atoms with Crippen LogP contribution in [0.4, 0.5) is 5.69 Å². The number of anilines is 1. The number of nitrogens with one attached hydrogen (secondary N) is 3. The zero-order chi connectivity index (χ0) is 16.0. The lowest BCUT2D eigenvalue weighted by Crippen LogP contribution is -2.39. The summed E-state index contributed by atoms with van der Waals surface area (Å²) in [6.45, 7) is 2.69. The second kappa shape index (κ2) is 7.82. The number of rotatable bonds is 8. The highest BCUT2D eigenvalue weighted by atomic mass is 32.3. The Labute approximate surface area is 134 Å². The van der Waals surface area contributed by atoms with Gasteiger partial charge in [0.15, 0.2) is 4.71 Å². The average Bonchev–Trinajstić information content (AvgIpc) is 2.92. The second-order valence-corrected chi connectivity index (χ2v) is 7.81. The molecule has 0 bridgehead atoms. The normalized spacial score (nSPS) is 16.9. The Hall–Kier alpha value is -1.29. The summed E-state index contributed by atoms with van der Waals surface area (Å²) in [7, 11) is -3.49. The first-order chi connectivity index (χ1) is 10.5. The highest BCUT2D eigenvalue weighted by molar-refractivity contribution is 8.13. The van der Waals surface area contributed by atoms with E-state index in [9.17, 15) is 13.2 Å². The van der Waals surface area contributed by atoms with Gasteiger partial charge < -0.3 is 15.4 Å². The van der Waals surface area contributed by atoms with Crippen LogP contribution in [0.15, 0.2) is 29.2 Å².